The van der Waals surface area contributed by atoms with Crippen molar-refractivity contribution in [1.29, 1.82) is 0 Å². The van der Waals surface area contributed by atoms with E-state index in [4.69, 9.17) is 4.74 Å². The first-order valence-electron chi connectivity index (χ1n) is 8.09. The molecule has 2 fully saturated rings. The molecule has 1 unspecified atom stereocenters. The highest BCUT2D eigenvalue weighted by molar-refractivity contribution is 6.01. The normalized spacial score (nSPS) is 24.0. The van der Waals surface area contributed by atoms with E-state index in [1.807, 2.05) is 0 Å². The third kappa shape index (κ3) is 4.29. The lowest BCUT2D eigenvalue weighted by molar-refractivity contribution is -0.156. The van der Waals surface area contributed by atoms with E-state index in [1.165, 1.54) is 19.3 Å². The summed E-state index contributed by atoms with van der Waals surface area (Å²) in [6, 6.07) is 0. The largest absolute Gasteiger partial charge is 0.465 e. The number of ketones is 1. The lowest BCUT2D eigenvalue weighted by Gasteiger charge is -2.31. The molecule has 0 aromatic heterocycles. The van der Waals surface area contributed by atoms with Crippen LogP contribution in [0.15, 0.2) is 0 Å². The van der Waals surface area contributed by atoms with Gasteiger partial charge in [-0.25, -0.2) is 0 Å². The van der Waals surface area contributed by atoms with Gasteiger partial charge in [0.1, 0.15) is 5.92 Å². The van der Waals surface area contributed by atoms with Crippen molar-refractivity contribution in [2.45, 2.75) is 51.9 Å². The van der Waals surface area contributed by atoms with Crippen LogP contribution in [0.4, 0.5) is 0 Å². The second-order valence-electron chi connectivity index (χ2n) is 6.08. The molecule has 0 N–H and O–H groups in total. The number of piperidine rings is 1. The summed E-state index contributed by atoms with van der Waals surface area (Å²) < 4.78 is 4.91. The van der Waals surface area contributed by atoms with Gasteiger partial charge in [-0.3, -0.25) is 14.4 Å². The predicted molar refractivity (Wildman–Crippen MR) is 77.5 cm³/mol. The molecule has 1 saturated heterocycles. The Labute approximate surface area is 126 Å². The molecule has 2 aliphatic rings. The van der Waals surface area contributed by atoms with Gasteiger partial charge in [0.25, 0.3) is 0 Å². The zero-order valence-electron chi connectivity index (χ0n) is 12.8. The molecule has 0 spiro atoms. The van der Waals surface area contributed by atoms with Gasteiger partial charge < -0.3 is 9.64 Å². The lowest BCUT2D eigenvalue weighted by Crippen LogP contribution is -2.47. The molecular formula is C16H25NO4. The first-order chi connectivity index (χ1) is 10.1. The van der Waals surface area contributed by atoms with E-state index in [0.717, 1.165) is 12.8 Å². The topological polar surface area (TPSA) is 63.7 Å². The molecule has 118 valence electrons. The molecule has 0 bridgehead atoms. The van der Waals surface area contributed by atoms with Gasteiger partial charge in [0.05, 0.1) is 13.2 Å². The monoisotopic (exact) mass is 295 g/mol. The Morgan fingerprint density at radius 2 is 1.90 bits per heavy atom. The highest BCUT2D eigenvalue weighted by Crippen LogP contribution is 2.27. The fraction of sp³-hybridized carbons (Fsp3) is 0.812. The predicted octanol–water partition coefficient (Wildman–Crippen LogP) is 1.94. The lowest BCUT2D eigenvalue weighted by atomic mass is 9.86. The molecule has 0 aromatic carbocycles. The molecule has 1 aliphatic heterocycles. The number of Topliss-reactive ketones (excluding diaryl/α,β-unsaturated/α-hetero) is 1. The molecule has 0 radical (unpaired) electrons. The summed E-state index contributed by atoms with van der Waals surface area (Å²) in [6.45, 7) is 2.56. The van der Waals surface area contributed by atoms with Gasteiger partial charge in [-0.05, 0) is 32.1 Å². The second-order valence-corrected chi connectivity index (χ2v) is 6.08. The SMILES string of the molecule is CCOC(=O)C1CCN(C(=O)CC2CCCCC2)CC1=O. The van der Waals surface area contributed by atoms with Gasteiger partial charge in [0.2, 0.25) is 5.91 Å². The van der Waals surface area contributed by atoms with Crippen molar-refractivity contribution in [3.8, 4) is 0 Å². The summed E-state index contributed by atoms with van der Waals surface area (Å²) >= 11 is 0. The average molecular weight is 295 g/mol. The van der Waals surface area contributed by atoms with Crippen LogP contribution >= 0.6 is 0 Å². The molecule has 1 heterocycles. The molecule has 2 rings (SSSR count). The van der Waals surface area contributed by atoms with Crippen molar-refractivity contribution in [1.82, 2.24) is 4.90 Å². The van der Waals surface area contributed by atoms with Crippen molar-refractivity contribution in [2.75, 3.05) is 19.7 Å². The van der Waals surface area contributed by atoms with Gasteiger partial charge in [-0.1, -0.05) is 19.3 Å². The van der Waals surface area contributed by atoms with Gasteiger partial charge in [0.15, 0.2) is 5.78 Å². The van der Waals surface area contributed by atoms with Crippen LogP contribution in [0.5, 0.6) is 0 Å². The summed E-state index contributed by atoms with van der Waals surface area (Å²) in [5.74, 6) is -0.760. The van der Waals surface area contributed by atoms with E-state index in [2.05, 4.69) is 0 Å². The van der Waals surface area contributed by atoms with E-state index in [1.54, 1.807) is 11.8 Å². The first-order valence-corrected chi connectivity index (χ1v) is 8.09. The molecule has 5 heteroatoms. The summed E-state index contributed by atoms with van der Waals surface area (Å²) in [5, 5.41) is 0. The maximum absolute atomic E-state index is 12.3. The Morgan fingerprint density at radius 1 is 1.19 bits per heavy atom. The number of ether oxygens (including phenoxy) is 1. The number of amides is 1. The highest BCUT2D eigenvalue weighted by Gasteiger charge is 2.35. The second kappa shape index (κ2) is 7.57. The molecule has 1 aliphatic carbocycles. The van der Waals surface area contributed by atoms with Crippen LogP contribution < -0.4 is 0 Å². The van der Waals surface area contributed by atoms with Crippen LogP contribution in [0.1, 0.15) is 51.9 Å². The van der Waals surface area contributed by atoms with E-state index in [-0.39, 0.29) is 24.8 Å². The van der Waals surface area contributed by atoms with E-state index in [0.29, 0.717) is 25.3 Å². The molecule has 5 nitrogen and oxygen atoms in total. The number of hydrogen-bond donors (Lipinski definition) is 0. The maximum Gasteiger partial charge on any atom is 0.316 e. The first kappa shape index (κ1) is 16.0. The Balaban J connectivity index is 1.82. The van der Waals surface area contributed by atoms with E-state index >= 15 is 0 Å². The number of rotatable bonds is 4. The molecule has 1 atom stereocenters. The van der Waals surface area contributed by atoms with Crippen molar-refractivity contribution in [3.63, 3.8) is 0 Å². The van der Waals surface area contributed by atoms with E-state index in [9.17, 15) is 14.4 Å². The van der Waals surface area contributed by atoms with Crippen LogP contribution in [0.3, 0.4) is 0 Å². The van der Waals surface area contributed by atoms with Crippen LogP contribution in [0, 0.1) is 11.8 Å². The Bertz CT molecular complexity index is 401. The fourth-order valence-electron chi connectivity index (χ4n) is 3.30. The number of esters is 1. The van der Waals surface area contributed by atoms with Crippen molar-refractivity contribution < 1.29 is 19.1 Å². The molecule has 21 heavy (non-hydrogen) atoms. The standard InChI is InChI=1S/C16H25NO4/c1-2-21-16(20)13-8-9-17(11-14(13)18)15(19)10-12-6-4-3-5-7-12/h12-13H,2-11H2,1H3. The summed E-state index contributed by atoms with van der Waals surface area (Å²) in [5.41, 5.74) is 0. The minimum atomic E-state index is -0.677. The number of likely N-dealkylation sites (tertiary alicyclic amines) is 1. The summed E-state index contributed by atoms with van der Waals surface area (Å²) in [7, 11) is 0. The maximum atomic E-state index is 12.3. The molecular weight excluding hydrogens is 270 g/mol. The van der Waals surface area contributed by atoms with Gasteiger partial charge in [-0.15, -0.1) is 0 Å². The van der Waals surface area contributed by atoms with Crippen LogP contribution in [0.25, 0.3) is 0 Å². The third-order valence-electron chi connectivity index (χ3n) is 4.53. The number of nitrogens with zero attached hydrogens (tertiary/aromatic N) is 1. The number of hydrogen-bond acceptors (Lipinski definition) is 4. The van der Waals surface area contributed by atoms with Crippen LogP contribution in [-0.4, -0.2) is 42.3 Å². The summed E-state index contributed by atoms with van der Waals surface area (Å²) in [4.78, 5) is 37.6. The third-order valence-corrected chi connectivity index (χ3v) is 4.53. The van der Waals surface area contributed by atoms with Gasteiger partial charge in [0, 0.05) is 13.0 Å². The Kier molecular flexibility index (Phi) is 5.76. The Hall–Kier alpha value is -1.39. The zero-order valence-corrected chi connectivity index (χ0v) is 12.8. The van der Waals surface area contributed by atoms with E-state index < -0.39 is 11.9 Å². The molecule has 1 amide bonds. The highest BCUT2D eigenvalue weighted by atomic mass is 16.5. The average Bonchev–Trinajstić information content (AvgIpc) is 2.48. The van der Waals surface area contributed by atoms with Crippen molar-refractivity contribution >= 4 is 17.7 Å². The number of carbonyl (C=O) groups excluding carboxylic acids is 3. The zero-order chi connectivity index (χ0) is 15.2. The van der Waals surface area contributed by atoms with Crippen LogP contribution in [-0.2, 0) is 19.1 Å². The van der Waals surface area contributed by atoms with Gasteiger partial charge >= 0.3 is 5.97 Å². The quantitative estimate of drug-likeness (QED) is 0.587. The Morgan fingerprint density at radius 3 is 2.52 bits per heavy atom. The smallest absolute Gasteiger partial charge is 0.316 e. The molecule has 0 aromatic rings. The van der Waals surface area contributed by atoms with Crippen molar-refractivity contribution in [2.24, 2.45) is 11.8 Å². The fourth-order valence-corrected chi connectivity index (χ4v) is 3.30. The number of carbonyl (C=O) groups is 3. The summed E-state index contributed by atoms with van der Waals surface area (Å²) in [6.07, 6.45) is 6.89. The minimum absolute atomic E-state index is 0.0645. The minimum Gasteiger partial charge on any atom is -0.465 e. The molecule has 1 saturated carbocycles. The van der Waals surface area contributed by atoms with Crippen molar-refractivity contribution in [3.05, 3.63) is 0 Å². The van der Waals surface area contributed by atoms with Crippen LogP contribution in [0.2, 0.25) is 0 Å². The van der Waals surface area contributed by atoms with Gasteiger partial charge in [-0.2, -0.15) is 0 Å².